The number of fused-ring (bicyclic) bond motifs is 1. The molecule has 34 heavy (non-hydrogen) atoms. The molecule has 0 atom stereocenters. The van der Waals surface area contributed by atoms with Gasteiger partial charge in [0.25, 0.3) is 5.56 Å². The van der Waals surface area contributed by atoms with Gasteiger partial charge in [-0.15, -0.1) is 0 Å². The summed E-state index contributed by atoms with van der Waals surface area (Å²) in [6.45, 7) is 4.36. The van der Waals surface area contributed by atoms with Crippen molar-refractivity contribution < 1.29 is 4.42 Å². The second-order valence-corrected chi connectivity index (χ2v) is 8.85. The first-order chi connectivity index (χ1) is 16.4. The van der Waals surface area contributed by atoms with Crippen molar-refractivity contribution in [3.63, 3.8) is 0 Å². The molecule has 2 aromatic heterocycles. The Morgan fingerprint density at radius 3 is 2.12 bits per heavy atom. The van der Waals surface area contributed by atoms with E-state index in [4.69, 9.17) is 16.0 Å². The van der Waals surface area contributed by atoms with Crippen LogP contribution in [0.25, 0.3) is 22.3 Å². The molecule has 6 heteroatoms. The Balaban J connectivity index is 1.71. The maximum absolute atomic E-state index is 13.6. The van der Waals surface area contributed by atoms with E-state index in [1.165, 1.54) is 4.57 Å². The number of aryl methyl sites for hydroxylation is 2. The van der Waals surface area contributed by atoms with Crippen LogP contribution in [-0.2, 0) is 13.1 Å². The molecule has 0 aliphatic heterocycles. The van der Waals surface area contributed by atoms with Crippen molar-refractivity contribution >= 4 is 22.6 Å². The first-order valence-electron chi connectivity index (χ1n) is 11.0. The Morgan fingerprint density at radius 1 is 0.853 bits per heavy atom. The molecule has 5 rings (SSSR count). The van der Waals surface area contributed by atoms with Crippen LogP contribution < -0.4 is 11.2 Å². The fourth-order valence-electron chi connectivity index (χ4n) is 4.23. The van der Waals surface area contributed by atoms with Gasteiger partial charge in [0.15, 0.2) is 0 Å². The number of halogens is 1. The van der Waals surface area contributed by atoms with E-state index in [-0.39, 0.29) is 12.2 Å². The van der Waals surface area contributed by atoms with E-state index in [0.717, 1.165) is 27.6 Å². The van der Waals surface area contributed by atoms with Crippen LogP contribution in [0.5, 0.6) is 0 Å². The van der Waals surface area contributed by atoms with Crippen molar-refractivity contribution in [3.8, 4) is 11.3 Å². The molecule has 0 radical (unpaired) electrons. The third kappa shape index (κ3) is 3.99. The maximum atomic E-state index is 13.6. The molecule has 0 aliphatic rings. The van der Waals surface area contributed by atoms with Crippen molar-refractivity contribution in [1.29, 1.82) is 0 Å². The number of aromatic nitrogens is 2. The van der Waals surface area contributed by atoms with Gasteiger partial charge in [-0.05, 0) is 48.2 Å². The smallest absolute Gasteiger partial charge is 0.331 e. The summed E-state index contributed by atoms with van der Waals surface area (Å²) in [6, 6.07) is 22.9. The summed E-state index contributed by atoms with van der Waals surface area (Å²) in [5.74, 6) is 0.411. The molecule has 0 bridgehead atoms. The predicted molar refractivity (Wildman–Crippen MR) is 136 cm³/mol. The zero-order valence-electron chi connectivity index (χ0n) is 18.9. The molecule has 3 aromatic carbocycles. The average molecular weight is 471 g/mol. The second-order valence-electron chi connectivity index (χ2n) is 8.47. The molecule has 5 aromatic rings. The average Bonchev–Trinajstić information content (AvgIpc) is 3.27. The van der Waals surface area contributed by atoms with E-state index >= 15 is 0 Å². The summed E-state index contributed by atoms with van der Waals surface area (Å²) in [5.41, 5.74) is 3.86. The van der Waals surface area contributed by atoms with Crippen LogP contribution in [0.1, 0.15) is 22.3 Å². The van der Waals surface area contributed by atoms with Crippen LogP contribution in [0, 0.1) is 13.8 Å². The predicted octanol–water partition coefficient (Wildman–Crippen LogP) is 5.79. The van der Waals surface area contributed by atoms with Crippen LogP contribution in [-0.4, -0.2) is 9.13 Å². The fourth-order valence-corrected chi connectivity index (χ4v) is 4.39. The molecule has 0 amide bonds. The van der Waals surface area contributed by atoms with Gasteiger partial charge < -0.3 is 4.42 Å². The van der Waals surface area contributed by atoms with Crippen molar-refractivity contribution in [2.24, 2.45) is 0 Å². The van der Waals surface area contributed by atoms with Gasteiger partial charge in [0.1, 0.15) is 11.3 Å². The van der Waals surface area contributed by atoms with Gasteiger partial charge in [0, 0.05) is 16.6 Å². The van der Waals surface area contributed by atoms with Gasteiger partial charge >= 0.3 is 5.69 Å². The molecule has 0 saturated heterocycles. The minimum atomic E-state index is -0.391. The van der Waals surface area contributed by atoms with Crippen molar-refractivity contribution in [2.75, 3.05) is 0 Å². The van der Waals surface area contributed by atoms with E-state index in [0.29, 0.717) is 28.5 Å². The van der Waals surface area contributed by atoms with E-state index in [1.54, 1.807) is 10.8 Å². The van der Waals surface area contributed by atoms with Crippen molar-refractivity contribution in [3.05, 3.63) is 127 Å². The second kappa shape index (κ2) is 8.84. The zero-order chi connectivity index (χ0) is 23.8. The van der Waals surface area contributed by atoms with E-state index in [9.17, 15) is 9.59 Å². The Labute approximate surface area is 201 Å². The normalized spacial score (nSPS) is 11.3. The van der Waals surface area contributed by atoms with E-state index in [1.807, 2.05) is 86.6 Å². The molecule has 0 aliphatic carbocycles. The summed E-state index contributed by atoms with van der Waals surface area (Å²) in [7, 11) is 0. The van der Waals surface area contributed by atoms with Gasteiger partial charge in [0.2, 0.25) is 0 Å². The van der Waals surface area contributed by atoms with Crippen LogP contribution in [0.2, 0.25) is 5.02 Å². The standard InChI is InChI=1S/C28H23ClN2O3/c1-18-13-24-22(19(2)26(18)29)14-25(34-24)23-17-30(15-20-9-5-3-6-10-20)28(33)31(27(23)32)16-21-11-7-4-8-12-21/h3-14,17H,15-16H2,1-2H3. The van der Waals surface area contributed by atoms with Crippen LogP contribution >= 0.6 is 11.6 Å². The molecule has 0 N–H and O–H groups in total. The highest BCUT2D eigenvalue weighted by Gasteiger charge is 2.19. The lowest BCUT2D eigenvalue weighted by molar-refractivity contribution is 0.596. The number of nitrogens with zero attached hydrogens (tertiary/aromatic N) is 2. The number of hydrogen-bond acceptors (Lipinski definition) is 3. The van der Waals surface area contributed by atoms with Crippen LogP contribution in [0.15, 0.2) is 93.0 Å². The molecule has 170 valence electrons. The highest BCUT2D eigenvalue weighted by Crippen LogP contribution is 2.33. The molecule has 0 spiro atoms. The molecule has 0 fully saturated rings. The Morgan fingerprint density at radius 2 is 1.47 bits per heavy atom. The SMILES string of the molecule is Cc1cc2oc(-c3cn(Cc4ccccc4)c(=O)n(Cc4ccccc4)c3=O)cc2c(C)c1Cl. The molecule has 5 nitrogen and oxygen atoms in total. The Bertz CT molecular complexity index is 1610. The van der Waals surface area contributed by atoms with Crippen molar-refractivity contribution in [1.82, 2.24) is 9.13 Å². The lowest BCUT2D eigenvalue weighted by Gasteiger charge is -2.13. The maximum Gasteiger partial charge on any atom is 0.331 e. The lowest BCUT2D eigenvalue weighted by atomic mass is 10.1. The number of hydrogen-bond donors (Lipinski definition) is 0. The fraction of sp³-hybridized carbons (Fsp3) is 0.143. The van der Waals surface area contributed by atoms with Crippen LogP contribution in [0.4, 0.5) is 0 Å². The van der Waals surface area contributed by atoms with Gasteiger partial charge in [0.05, 0.1) is 18.7 Å². The third-order valence-electron chi connectivity index (χ3n) is 6.07. The minimum absolute atomic E-state index is 0.172. The topological polar surface area (TPSA) is 57.1 Å². The van der Waals surface area contributed by atoms with Gasteiger partial charge in [-0.1, -0.05) is 72.3 Å². The first-order valence-corrected chi connectivity index (χ1v) is 11.4. The van der Waals surface area contributed by atoms with Crippen LogP contribution in [0.3, 0.4) is 0 Å². The van der Waals surface area contributed by atoms with Gasteiger partial charge in [-0.2, -0.15) is 0 Å². The number of rotatable bonds is 5. The monoisotopic (exact) mass is 470 g/mol. The quantitative estimate of drug-likeness (QED) is 0.326. The highest BCUT2D eigenvalue weighted by molar-refractivity contribution is 6.33. The lowest BCUT2D eigenvalue weighted by Crippen LogP contribution is -2.40. The van der Waals surface area contributed by atoms with E-state index in [2.05, 4.69) is 0 Å². The summed E-state index contributed by atoms with van der Waals surface area (Å²) >= 11 is 6.44. The molecule has 2 heterocycles. The van der Waals surface area contributed by atoms with Gasteiger partial charge in [-0.25, -0.2) is 4.79 Å². The largest absolute Gasteiger partial charge is 0.456 e. The minimum Gasteiger partial charge on any atom is -0.456 e. The zero-order valence-corrected chi connectivity index (χ0v) is 19.7. The number of furan rings is 1. The molecular formula is C28H23ClN2O3. The summed E-state index contributed by atoms with van der Waals surface area (Å²) in [4.78, 5) is 26.9. The van der Waals surface area contributed by atoms with Crippen molar-refractivity contribution in [2.45, 2.75) is 26.9 Å². The van der Waals surface area contributed by atoms with E-state index < -0.39 is 5.56 Å². The highest BCUT2D eigenvalue weighted by atomic mass is 35.5. The summed E-state index contributed by atoms with van der Waals surface area (Å²) in [5, 5.41) is 1.52. The molecule has 0 saturated carbocycles. The van der Waals surface area contributed by atoms with Gasteiger partial charge in [-0.3, -0.25) is 13.9 Å². The molecule has 0 unspecified atom stereocenters. The third-order valence-corrected chi connectivity index (χ3v) is 6.65. The summed E-state index contributed by atoms with van der Waals surface area (Å²) < 4.78 is 8.95. The Hall–Kier alpha value is -3.83. The first kappa shape index (κ1) is 22.0. The summed E-state index contributed by atoms with van der Waals surface area (Å²) in [6.07, 6.45) is 1.60. The Kier molecular flexibility index (Phi) is 5.72. The number of benzene rings is 3. The molecular weight excluding hydrogens is 448 g/mol.